The molecule has 114 valence electrons. The van der Waals surface area contributed by atoms with Gasteiger partial charge in [-0.1, -0.05) is 20.3 Å². The van der Waals surface area contributed by atoms with Crippen molar-refractivity contribution < 1.29 is 9.90 Å². The Morgan fingerprint density at radius 1 is 1.29 bits per heavy atom. The number of rotatable bonds is 7. The summed E-state index contributed by atoms with van der Waals surface area (Å²) in [6, 6.07) is 3.63. The lowest BCUT2D eigenvalue weighted by Crippen LogP contribution is -2.06. The predicted octanol–water partition coefficient (Wildman–Crippen LogP) is 3.20. The average molecular weight is 288 g/mol. The molecule has 0 bridgehead atoms. The largest absolute Gasteiger partial charge is 0.478 e. The Balaban J connectivity index is 2.67. The zero-order valence-corrected chi connectivity index (χ0v) is 12.9. The normalized spacial score (nSPS) is 11.2. The van der Waals surface area contributed by atoms with Crippen LogP contribution in [0.5, 0.6) is 0 Å². The third kappa shape index (κ3) is 3.10. The molecule has 0 amide bonds. The van der Waals surface area contributed by atoms with E-state index in [0.717, 1.165) is 43.2 Å². The second kappa shape index (κ2) is 6.76. The second-order valence-electron chi connectivity index (χ2n) is 5.43. The van der Waals surface area contributed by atoms with E-state index in [1.165, 1.54) is 11.1 Å². The van der Waals surface area contributed by atoms with E-state index in [4.69, 9.17) is 5.73 Å². The van der Waals surface area contributed by atoms with Gasteiger partial charge in [0.15, 0.2) is 0 Å². The summed E-state index contributed by atoms with van der Waals surface area (Å²) in [7, 11) is 0. The Labute approximate surface area is 125 Å². The smallest absolute Gasteiger partial charge is 0.335 e. The molecule has 2 rings (SSSR count). The van der Waals surface area contributed by atoms with Crippen molar-refractivity contribution in [3.05, 3.63) is 35.0 Å². The standard InChI is InChI=1S/C17H24N2O2/c1-3-6-13-11-19(8-5-7-18)16-12(4-2)9-14(17(20)21)10-15(13)16/h9-11H,3-8,18H2,1-2H3,(H,20,21). The van der Waals surface area contributed by atoms with Gasteiger partial charge in [-0.3, -0.25) is 0 Å². The van der Waals surface area contributed by atoms with Crippen LogP contribution >= 0.6 is 0 Å². The number of nitrogens with zero attached hydrogens (tertiary/aromatic N) is 1. The van der Waals surface area contributed by atoms with Crippen molar-refractivity contribution in [1.82, 2.24) is 4.57 Å². The molecule has 0 aliphatic carbocycles. The van der Waals surface area contributed by atoms with Crippen molar-refractivity contribution in [1.29, 1.82) is 0 Å². The van der Waals surface area contributed by atoms with Crippen LogP contribution < -0.4 is 5.73 Å². The molecular weight excluding hydrogens is 264 g/mol. The number of fused-ring (bicyclic) bond motifs is 1. The highest BCUT2D eigenvalue weighted by molar-refractivity contribution is 5.96. The molecular formula is C17H24N2O2. The first-order valence-electron chi connectivity index (χ1n) is 7.70. The molecule has 1 aromatic carbocycles. The maximum absolute atomic E-state index is 11.3. The summed E-state index contributed by atoms with van der Waals surface area (Å²) in [6.45, 7) is 5.76. The van der Waals surface area contributed by atoms with Crippen LogP contribution in [-0.2, 0) is 19.4 Å². The molecule has 0 aliphatic heterocycles. The van der Waals surface area contributed by atoms with Crippen molar-refractivity contribution in [2.45, 2.75) is 46.1 Å². The van der Waals surface area contributed by atoms with Gasteiger partial charge in [0.2, 0.25) is 0 Å². The van der Waals surface area contributed by atoms with E-state index < -0.39 is 5.97 Å². The number of nitrogens with two attached hydrogens (primary N) is 1. The van der Waals surface area contributed by atoms with Gasteiger partial charge in [-0.15, -0.1) is 0 Å². The van der Waals surface area contributed by atoms with Crippen LogP contribution in [0.1, 0.15) is 48.2 Å². The number of aromatic nitrogens is 1. The summed E-state index contributed by atoms with van der Waals surface area (Å²) < 4.78 is 2.25. The number of hydrogen-bond acceptors (Lipinski definition) is 2. The molecule has 0 unspecified atom stereocenters. The van der Waals surface area contributed by atoms with Crippen molar-refractivity contribution in [2.24, 2.45) is 5.73 Å². The molecule has 0 saturated heterocycles. The second-order valence-corrected chi connectivity index (χ2v) is 5.43. The highest BCUT2D eigenvalue weighted by Crippen LogP contribution is 2.28. The quantitative estimate of drug-likeness (QED) is 0.822. The van der Waals surface area contributed by atoms with Crippen molar-refractivity contribution in [3.63, 3.8) is 0 Å². The van der Waals surface area contributed by atoms with E-state index in [2.05, 4.69) is 24.6 Å². The Morgan fingerprint density at radius 3 is 2.62 bits per heavy atom. The number of carboxylic acid groups (broad SMARTS) is 1. The first-order chi connectivity index (χ1) is 10.1. The minimum atomic E-state index is -0.858. The Morgan fingerprint density at radius 2 is 2.05 bits per heavy atom. The third-order valence-corrected chi connectivity index (χ3v) is 3.88. The van der Waals surface area contributed by atoms with Crippen LogP contribution in [0.3, 0.4) is 0 Å². The van der Waals surface area contributed by atoms with Crippen molar-refractivity contribution in [2.75, 3.05) is 6.54 Å². The summed E-state index contributed by atoms with van der Waals surface area (Å²) >= 11 is 0. The number of carboxylic acids is 1. The maximum Gasteiger partial charge on any atom is 0.335 e. The Bertz CT molecular complexity index is 644. The zero-order chi connectivity index (χ0) is 15.4. The van der Waals surface area contributed by atoms with Gasteiger partial charge in [0.1, 0.15) is 0 Å². The molecule has 1 heterocycles. The Kier molecular flexibility index (Phi) is 5.02. The van der Waals surface area contributed by atoms with E-state index in [9.17, 15) is 9.90 Å². The molecule has 0 fully saturated rings. The van der Waals surface area contributed by atoms with E-state index >= 15 is 0 Å². The monoisotopic (exact) mass is 288 g/mol. The van der Waals surface area contributed by atoms with Gasteiger partial charge in [0, 0.05) is 18.1 Å². The van der Waals surface area contributed by atoms with Gasteiger partial charge in [-0.2, -0.15) is 0 Å². The summed E-state index contributed by atoms with van der Waals surface area (Å²) in [5.74, 6) is -0.858. The molecule has 0 atom stereocenters. The molecule has 0 aliphatic rings. The van der Waals surface area contributed by atoms with Crippen molar-refractivity contribution >= 4 is 16.9 Å². The molecule has 4 nitrogen and oxygen atoms in total. The van der Waals surface area contributed by atoms with Gasteiger partial charge in [0.05, 0.1) is 11.1 Å². The van der Waals surface area contributed by atoms with E-state index in [1.54, 1.807) is 6.07 Å². The van der Waals surface area contributed by atoms with Crippen LogP contribution in [0, 0.1) is 0 Å². The molecule has 0 spiro atoms. The maximum atomic E-state index is 11.3. The predicted molar refractivity (Wildman–Crippen MR) is 85.9 cm³/mol. The molecule has 4 heteroatoms. The zero-order valence-electron chi connectivity index (χ0n) is 12.9. The van der Waals surface area contributed by atoms with Crippen molar-refractivity contribution in [3.8, 4) is 0 Å². The Hall–Kier alpha value is -1.81. The minimum absolute atomic E-state index is 0.383. The summed E-state index contributed by atoms with van der Waals surface area (Å²) in [5.41, 5.74) is 9.53. The number of aromatic carboxylic acids is 1. The number of benzene rings is 1. The fraction of sp³-hybridized carbons (Fsp3) is 0.471. The van der Waals surface area contributed by atoms with Crippen LogP contribution in [0.2, 0.25) is 0 Å². The van der Waals surface area contributed by atoms with Gasteiger partial charge < -0.3 is 15.4 Å². The highest BCUT2D eigenvalue weighted by atomic mass is 16.4. The fourth-order valence-electron chi connectivity index (χ4n) is 2.90. The van der Waals surface area contributed by atoms with Crippen LogP contribution in [-0.4, -0.2) is 22.2 Å². The van der Waals surface area contributed by atoms with Gasteiger partial charge >= 0.3 is 5.97 Å². The number of carbonyl (C=O) groups is 1. The van der Waals surface area contributed by atoms with E-state index in [1.807, 2.05) is 6.07 Å². The van der Waals surface area contributed by atoms with Gasteiger partial charge in [-0.25, -0.2) is 4.79 Å². The third-order valence-electron chi connectivity index (χ3n) is 3.88. The van der Waals surface area contributed by atoms with Crippen LogP contribution in [0.15, 0.2) is 18.3 Å². The van der Waals surface area contributed by atoms with Crippen LogP contribution in [0.4, 0.5) is 0 Å². The molecule has 2 aromatic rings. The van der Waals surface area contributed by atoms with E-state index in [0.29, 0.717) is 12.1 Å². The van der Waals surface area contributed by atoms with Gasteiger partial charge in [0.25, 0.3) is 0 Å². The first-order valence-corrected chi connectivity index (χ1v) is 7.70. The van der Waals surface area contributed by atoms with Crippen LogP contribution in [0.25, 0.3) is 10.9 Å². The molecule has 21 heavy (non-hydrogen) atoms. The molecule has 0 radical (unpaired) electrons. The lowest BCUT2D eigenvalue weighted by atomic mass is 10.0. The lowest BCUT2D eigenvalue weighted by molar-refractivity contribution is 0.0697. The summed E-state index contributed by atoms with van der Waals surface area (Å²) in [4.78, 5) is 11.3. The average Bonchev–Trinajstić information content (AvgIpc) is 2.82. The number of hydrogen-bond donors (Lipinski definition) is 2. The molecule has 3 N–H and O–H groups in total. The summed E-state index contributed by atoms with van der Waals surface area (Å²) in [6.07, 6.45) is 5.96. The fourth-order valence-corrected chi connectivity index (χ4v) is 2.90. The first kappa shape index (κ1) is 15.6. The summed E-state index contributed by atoms with van der Waals surface area (Å²) in [5, 5.41) is 10.4. The molecule has 0 saturated carbocycles. The lowest BCUT2D eigenvalue weighted by Gasteiger charge is -2.09. The minimum Gasteiger partial charge on any atom is -0.478 e. The molecule has 1 aromatic heterocycles. The highest BCUT2D eigenvalue weighted by Gasteiger charge is 2.15. The van der Waals surface area contributed by atoms with E-state index in [-0.39, 0.29) is 0 Å². The SMILES string of the molecule is CCCc1cn(CCCN)c2c(CC)cc(C(=O)O)cc12. The van der Waals surface area contributed by atoms with Gasteiger partial charge in [-0.05, 0) is 49.1 Å². The number of aryl methyl sites for hydroxylation is 3. The topological polar surface area (TPSA) is 68.2 Å².